The standard InChI is InChI=1S/C37H30N2O6/c1-2-18-43-25-10-7-9-23(19-25)33(40)31-32(34(41)24-14-15-29-30(20-24)45-21-44-29)39-17-16-22-8-3-4-11-26(22)35(39)37(31)27-12-5-6-13-28(27)38-36(37)42/h3-17,19-20,31-32,35H,2,18,21H2,1H3,(H,38,42)/t31-,32+,35-,37+/m0/s1. The Balaban J connectivity index is 1.37. The monoisotopic (exact) mass is 598 g/mol. The van der Waals surface area contributed by atoms with Gasteiger partial charge in [-0.3, -0.25) is 14.4 Å². The van der Waals surface area contributed by atoms with Crippen molar-refractivity contribution in [2.75, 3.05) is 18.7 Å². The maximum absolute atomic E-state index is 15.1. The van der Waals surface area contributed by atoms with Gasteiger partial charge in [0, 0.05) is 23.0 Å². The Morgan fingerprint density at radius 2 is 1.71 bits per heavy atom. The van der Waals surface area contributed by atoms with Gasteiger partial charge in [0.1, 0.15) is 17.2 Å². The summed E-state index contributed by atoms with van der Waals surface area (Å²) < 4.78 is 17.0. The molecule has 4 aliphatic rings. The van der Waals surface area contributed by atoms with Crippen molar-refractivity contribution in [1.82, 2.24) is 4.90 Å². The van der Waals surface area contributed by atoms with Crippen LogP contribution >= 0.6 is 0 Å². The fraction of sp³-hybridized carbons (Fsp3) is 0.216. The number of carbonyl (C=O) groups is 3. The third-order valence-corrected chi connectivity index (χ3v) is 9.37. The van der Waals surface area contributed by atoms with Crippen molar-refractivity contribution in [3.05, 3.63) is 125 Å². The molecule has 0 aromatic heterocycles. The lowest BCUT2D eigenvalue weighted by Crippen LogP contribution is -2.49. The number of nitrogens with zero attached hydrogens (tertiary/aromatic N) is 1. The van der Waals surface area contributed by atoms with Gasteiger partial charge in [-0.05, 0) is 65.6 Å². The maximum Gasteiger partial charge on any atom is 0.238 e. The molecule has 4 heterocycles. The van der Waals surface area contributed by atoms with Crippen LogP contribution in [0.2, 0.25) is 0 Å². The Hall–Kier alpha value is -5.37. The molecular formula is C37H30N2O6. The third kappa shape index (κ3) is 3.94. The minimum absolute atomic E-state index is 0.0712. The predicted octanol–water partition coefficient (Wildman–Crippen LogP) is 6.19. The van der Waals surface area contributed by atoms with Crippen molar-refractivity contribution < 1.29 is 28.6 Å². The highest BCUT2D eigenvalue weighted by Gasteiger charge is 2.70. The second kappa shape index (κ2) is 10.4. The van der Waals surface area contributed by atoms with Gasteiger partial charge in [0.2, 0.25) is 12.7 Å². The SMILES string of the molecule is CCCOc1cccc(C(=O)[C@@H]2[C@H](C(=O)c3ccc4c(c3)OCO4)N3C=Cc4ccccc4[C@H]3[C@]23C(=O)Nc2ccccc23)c1. The molecule has 45 heavy (non-hydrogen) atoms. The number of ether oxygens (including phenoxy) is 3. The summed E-state index contributed by atoms with van der Waals surface area (Å²) >= 11 is 0. The normalized spacial score (nSPS) is 23.4. The number of hydrogen-bond acceptors (Lipinski definition) is 7. The number of para-hydroxylation sites is 1. The Bertz CT molecular complexity index is 1920. The Labute approximate surface area is 260 Å². The predicted molar refractivity (Wildman–Crippen MR) is 168 cm³/mol. The Morgan fingerprint density at radius 1 is 0.911 bits per heavy atom. The van der Waals surface area contributed by atoms with Crippen molar-refractivity contribution in [2.45, 2.75) is 30.8 Å². The van der Waals surface area contributed by atoms with E-state index >= 15 is 4.79 Å². The summed E-state index contributed by atoms with van der Waals surface area (Å²) in [5, 5.41) is 3.09. The average molecular weight is 599 g/mol. The number of rotatable bonds is 7. The first kappa shape index (κ1) is 27.2. The number of carbonyl (C=O) groups excluding carboxylic acids is 3. The van der Waals surface area contributed by atoms with E-state index in [1.165, 1.54) is 0 Å². The third-order valence-electron chi connectivity index (χ3n) is 9.37. The van der Waals surface area contributed by atoms with Gasteiger partial charge in [-0.2, -0.15) is 0 Å². The minimum atomic E-state index is -1.41. The largest absolute Gasteiger partial charge is 0.494 e. The lowest BCUT2D eigenvalue weighted by atomic mass is 9.62. The first-order valence-electron chi connectivity index (χ1n) is 15.2. The number of Topliss-reactive ketones (excluding diaryl/α,β-unsaturated/α-hetero) is 2. The lowest BCUT2D eigenvalue weighted by Gasteiger charge is -2.38. The Kier molecular flexibility index (Phi) is 6.27. The van der Waals surface area contributed by atoms with Gasteiger partial charge < -0.3 is 24.4 Å². The van der Waals surface area contributed by atoms with E-state index in [0.29, 0.717) is 46.2 Å². The van der Waals surface area contributed by atoms with Crippen LogP contribution in [-0.4, -0.2) is 41.8 Å². The molecule has 1 amide bonds. The van der Waals surface area contributed by atoms with E-state index < -0.39 is 23.4 Å². The number of benzene rings is 4. The quantitative estimate of drug-likeness (QED) is 0.254. The smallest absolute Gasteiger partial charge is 0.238 e. The maximum atomic E-state index is 15.1. The summed E-state index contributed by atoms with van der Waals surface area (Å²) in [6, 6.07) is 25.8. The van der Waals surface area contributed by atoms with E-state index in [4.69, 9.17) is 14.2 Å². The van der Waals surface area contributed by atoms with Crippen LogP contribution in [0.3, 0.4) is 0 Å². The van der Waals surface area contributed by atoms with E-state index in [9.17, 15) is 9.59 Å². The fourth-order valence-corrected chi connectivity index (χ4v) is 7.53. The van der Waals surface area contributed by atoms with Crippen LogP contribution in [0.5, 0.6) is 17.2 Å². The van der Waals surface area contributed by atoms with Gasteiger partial charge in [0.15, 0.2) is 23.1 Å². The molecule has 8 nitrogen and oxygen atoms in total. The van der Waals surface area contributed by atoms with Gasteiger partial charge in [-0.15, -0.1) is 0 Å². The first-order valence-corrected chi connectivity index (χ1v) is 15.2. The molecule has 4 aromatic carbocycles. The van der Waals surface area contributed by atoms with Crippen LogP contribution in [-0.2, 0) is 10.2 Å². The molecule has 0 radical (unpaired) electrons. The summed E-state index contributed by atoms with van der Waals surface area (Å²) in [6.07, 6.45) is 4.63. The molecule has 1 spiro atoms. The van der Waals surface area contributed by atoms with Gasteiger partial charge in [-0.25, -0.2) is 0 Å². The molecule has 8 heteroatoms. The number of anilines is 1. The number of hydrogen-bond donors (Lipinski definition) is 1. The van der Waals surface area contributed by atoms with Gasteiger partial charge in [0.25, 0.3) is 0 Å². The molecule has 4 aliphatic heterocycles. The van der Waals surface area contributed by atoms with E-state index in [-0.39, 0.29) is 24.3 Å². The molecule has 4 atom stereocenters. The average Bonchev–Trinajstić information content (AvgIpc) is 3.76. The molecular weight excluding hydrogens is 568 g/mol. The molecule has 0 saturated carbocycles. The molecule has 0 aliphatic carbocycles. The second-order valence-electron chi connectivity index (χ2n) is 11.8. The highest BCUT2D eigenvalue weighted by Crippen LogP contribution is 2.62. The van der Waals surface area contributed by atoms with Crippen molar-refractivity contribution in [2.24, 2.45) is 5.92 Å². The summed E-state index contributed by atoms with van der Waals surface area (Å²) in [4.78, 5) is 46.5. The van der Waals surface area contributed by atoms with E-state index in [1.807, 2.05) is 78.7 Å². The van der Waals surface area contributed by atoms with E-state index in [2.05, 4.69) is 5.32 Å². The zero-order valence-corrected chi connectivity index (χ0v) is 24.6. The zero-order valence-electron chi connectivity index (χ0n) is 24.6. The molecule has 8 rings (SSSR count). The van der Waals surface area contributed by atoms with Gasteiger partial charge >= 0.3 is 0 Å². The summed E-state index contributed by atoms with van der Waals surface area (Å²) in [5.74, 6) is -0.385. The summed E-state index contributed by atoms with van der Waals surface area (Å²) in [7, 11) is 0. The van der Waals surface area contributed by atoms with E-state index in [0.717, 1.165) is 17.5 Å². The van der Waals surface area contributed by atoms with Crippen LogP contribution in [0, 0.1) is 5.92 Å². The number of amides is 1. The van der Waals surface area contributed by atoms with Crippen molar-refractivity contribution in [1.29, 1.82) is 0 Å². The van der Waals surface area contributed by atoms with Crippen molar-refractivity contribution in [3.8, 4) is 17.2 Å². The lowest BCUT2D eigenvalue weighted by molar-refractivity contribution is -0.122. The topological polar surface area (TPSA) is 94.2 Å². The number of fused-ring (bicyclic) bond motifs is 7. The van der Waals surface area contributed by atoms with Crippen molar-refractivity contribution >= 4 is 29.2 Å². The van der Waals surface area contributed by atoms with E-state index in [1.54, 1.807) is 36.4 Å². The van der Waals surface area contributed by atoms with Crippen LogP contribution in [0.15, 0.2) is 97.2 Å². The number of ketones is 2. The van der Waals surface area contributed by atoms with Crippen LogP contribution in [0.25, 0.3) is 6.08 Å². The van der Waals surface area contributed by atoms with Gasteiger partial charge in [0.05, 0.1) is 18.6 Å². The highest BCUT2D eigenvalue weighted by molar-refractivity contribution is 6.16. The molecule has 224 valence electrons. The zero-order chi connectivity index (χ0) is 30.7. The second-order valence-corrected chi connectivity index (χ2v) is 11.8. The fourth-order valence-electron chi connectivity index (χ4n) is 7.53. The molecule has 0 unspecified atom stereocenters. The first-order chi connectivity index (χ1) is 22.0. The highest BCUT2D eigenvalue weighted by atomic mass is 16.7. The van der Waals surface area contributed by atoms with Crippen LogP contribution in [0.1, 0.15) is 56.8 Å². The van der Waals surface area contributed by atoms with Crippen LogP contribution in [0.4, 0.5) is 5.69 Å². The Morgan fingerprint density at radius 3 is 2.60 bits per heavy atom. The summed E-state index contributed by atoms with van der Waals surface area (Å²) in [5.41, 5.74) is 2.50. The molecule has 4 aromatic rings. The minimum Gasteiger partial charge on any atom is -0.494 e. The molecule has 1 saturated heterocycles. The molecule has 1 N–H and O–H groups in total. The summed E-state index contributed by atoms with van der Waals surface area (Å²) in [6.45, 7) is 2.59. The van der Waals surface area contributed by atoms with Crippen molar-refractivity contribution in [3.63, 3.8) is 0 Å². The number of nitrogens with one attached hydrogen (secondary N) is 1. The van der Waals surface area contributed by atoms with Gasteiger partial charge in [-0.1, -0.05) is 61.5 Å². The van der Waals surface area contributed by atoms with Crippen LogP contribution < -0.4 is 19.5 Å². The molecule has 0 bridgehead atoms. The molecule has 1 fully saturated rings.